The zero-order chi connectivity index (χ0) is 21.7. The smallest absolute Gasteiger partial charge is 0.342 e. The number of esters is 1. The van der Waals surface area contributed by atoms with Crippen molar-refractivity contribution in [3.63, 3.8) is 0 Å². The molecule has 0 heterocycles. The topological polar surface area (TPSA) is 75.6 Å². The van der Waals surface area contributed by atoms with Gasteiger partial charge in [-0.1, -0.05) is 36.0 Å². The Hall–Kier alpha value is -3.25. The van der Waals surface area contributed by atoms with Crippen molar-refractivity contribution in [1.82, 2.24) is 0 Å². The number of aromatic hydroxyl groups is 1. The first-order valence-corrected chi connectivity index (χ1v) is 10.3. The highest BCUT2D eigenvalue weighted by Crippen LogP contribution is 2.31. The summed E-state index contributed by atoms with van der Waals surface area (Å²) in [7, 11) is 0. The first-order chi connectivity index (χ1) is 14.3. The Balaban J connectivity index is 1.55. The van der Waals surface area contributed by atoms with E-state index in [1.807, 2.05) is 12.1 Å². The minimum absolute atomic E-state index is 0.0376. The third-order valence-electron chi connectivity index (χ3n) is 4.50. The summed E-state index contributed by atoms with van der Waals surface area (Å²) in [6.45, 7) is 5.38. The molecule has 3 rings (SSSR count). The van der Waals surface area contributed by atoms with Crippen LogP contribution in [0.4, 0.5) is 5.69 Å². The Morgan fingerprint density at radius 1 is 0.967 bits per heavy atom. The molecule has 0 saturated carbocycles. The fraction of sp³-hybridized carbons (Fsp3) is 0.167. The zero-order valence-corrected chi connectivity index (χ0v) is 17.9. The largest absolute Gasteiger partial charge is 0.507 e. The molecule has 154 valence electrons. The highest BCUT2D eigenvalue weighted by Gasteiger charge is 2.15. The molecule has 0 saturated heterocycles. The van der Waals surface area contributed by atoms with E-state index < -0.39 is 18.5 Å². The molecule has 0 aliphatic carbocycles. The van der Waals surface area contributed by atoms with E-state index in [0.717, 1.165) is 4.90 Å². The molecule has 0 atom stereocenters. The summed E-state index contributed by atoms with van der Waals surface area (Å²) < 4.78 is 5.01. The number of anilines is 1. The number of hydrogen-bond donors (Lipinski definition) is 2. The number of rotatable bonds is 6. The van der Waals surface area contributed by atoms with Gasteiger partial charge in [0.05, 0.1) is 0 Å². The Morgan fingerprint density at radius 3 is 2.43 bits per heavy atom. The minimum atomic E-state index is -0.744. The van der Waals surface area contributed by atoms with Crippen molar-refractivity contribution in [3.05, 3.63) is 82.9 Å². The average molecular weight is 422 g/mol. The standard InChI is InChI=1S/C24H23NO4S/c1-15-7-8-16(2)21(13-15)30-19-11-9-18(10-12-19)25-22(26)14-29-24(28)20-6-4-5-17(3)23(20)27/h4-13,27H,14H2,1-3H3,(H,25,26). The number of nitrogens with one attached hydrogen (secondary N) is 1. The number of aryl methyl sites for hydroxylation is 3. The van der Waals surface area contributed by atoms with Crippen LogP contribution in [0, 0.1) is 20.8 Å². The van der Waals surface area contributed by atoms with E-state index >= 15 is 0 Å². The molecule has 0 unspecified atom stereocenters. The van der Waals surface area contributed by atoms with Gasteiger partial charge in [0.25, 0.3) is 5.91 Å². The van der Waals surface area contributed by atoms with Crippen LogP contribution in [0.15, 0.2) is 70.5 Å². The van der Waals surface area contributed by atoms with Crippen LogP contribution < -0.4 is 5.32 Å². The van der Waals surface area contributed by atoms with E-state index in [4.69, 9.17) is 4.74 Å². The normalized spacial score (nSPS) is 10.5. The monoisotopic (exact) mass is 421 g/mol. The van der Waals surface area contributed by atoms with Gasteiger partial charge in [0.15, 0.2) is 6.61 Å². The predicted molar refractivity (Wildman–Crippen MR) is 118 cm³/mol. The highest BCUT2D eigenvalue weighted by molar-refractivity contribution is 7.99. The lowest BCUT2D eigenvalue weighted by atomic mass is 10.1. The molecule has 0 aliphatic heterocycles. The molecule has 5 nitrogen and oxygen atoms in total. The van der Waals surface area contributed by atoms with Gasteiger partial charge in [-0.3, -0.25) is 4.79 Å². The van der Waals surface area contributed by atoms with Gasteiger partial charge in [-0.2, -0.15) is 0 Å². The third kappa shape index (κ3) is 5.42. The molecule has 0 radical (unpaired) electrons. The van der Waals surface area contributed by atoms with Crippen LogP contribution in [0.25, 0.3) is 0 Å². The number of hydrogen-bond acceptors (Lipinski definition) is 5. The molecule has 6 heteroatoms. The SMILES string of the molecule is Cc1ccc(C)c(Sc2ccc(NC(=O)COC(=O)c3cccc(C)c3O)cc2)c1. The molecule has 1 amide bonds. The number of carbonyl (C=O) groups is 2. The second kappa shape index (κ2) is 9.50. The van der Waals surface area contributed by atoms with Crippen LogP contribution in [-0.2, 0) is 9.53 Å². The third-order valence-corrected chi connectivity index (χ3v) is 5.67. The Bertz CT molecular complexity index is 1080. The van der Waals surface area contributed by atoms with Crippen LogP contribution in [0.1, 0.15) is 27.0 Å². The fourth-order valence-electron chi connectivity index (χ4n) is 2.78. The average Bonchev–Trinajstić information content (AvgIpc) is 2.72. The number of amides is 1. The lowest BCUT2D eigenvalue weighted by molar-refractivity contribution is -0.119. The van der Waals surface area contributed by atoms with Gasteiger partial charge >= 0.3 is 5.97 Å². The van der Waals surface area contributed by atoms with Crippen LogP contribution >= 0.6 is 11.8 Å². The first kappa shape index (κ1) is 21.5. The van der Waals surface area contributed by atoms with E-state index in [1.165, 1.54) is 22.1 Å². The molecule has 0 aromatic heterocycles. The predicted octanol–water partition coefficient (Wildman–Crippen LogP) is 5.26. The van der Waals surface area contributed by atoms with Gasteiger partial charge in [-0.25, -0.2) is 4.79 Å². The molecule has 2 N–H and O–H groups in total. The van der Waals surface area contributed by atoms with Crippen LogP contribution in [0.5, 0.6) is 5.75 Å². The molecule has 3 aromatic carbocycles. The summed E-state index contributed by atoms with van der Waals surface area (Å²) in [5.41, 5.74) is 3.63. The zero-order valence-electron chi connectivity index (χ0n) is 17.1. The quantitative estimate of drug-likeness (QED) is 0.531. The second-order valence-corrected chi connectivity index (χ2v) is 8.11. The molecule has 0 aliphatic rings. The van der Waals surface area contributed by atoms with Gasteiger partial charge in [0.1, 0.15) is 11.3 Å². The number of phenolic OH excluding ortho intramolecular Hbond substituents is 1. The number of para-hydroxylation sites is 1. The van der Waals surface area contributed by atoms with E-state index in [-0.39, 0.29) is 11.3 Å². The molecule has 0 fully saturated rings. The summed E-state index contributed by atoms with van der Waals surface area (Å²) in [6, 6.07) is 18.6. The summed E-state index contributed by atoms with van der Waals surface area (Å²) >= 11 is 1.66. The van der Waals surface area contributed by atoms with E-state index in [2.05, 4.69) is 37.4 Å². The van der Waals surface area contributed by atoms with Crippen LogP contribution in [0.3, 0.4) is 0 Å². The maximum atomic E-state index is 12.1. The molecule has 3 aromatic rings. The number of ether oxygens (including phenoxy) is 1. The van der Waals surface area contributed by atoms with Crippen molar-refractivity contribution in [3.8, 4) is 5.75 Å². The molecule has 0 spiro atoms. The van der Waals surface area contributed by atoms with Gasteiger partial charge in [-0.05, 0) is 73.9 Å². The van der Waals surface area contributed by atoms with Gasteiger partial charge in [0.2, 0.25) is 0 Å². The Labute approximate surface area is 180 Å². The lowest BCUT2D eigenvalue weighted by Crippen LogP contribution is -2.21. The number of phenols is 1. The van der Waals surface area contributed by atoms with Crippen molar-refractivity contribution >= 4 is 29.3 Å². The number of benzene rings is 3. The maximum absolute atomic E-state index is 12.1. The molecular weight excluding hydrogens is 398 g/mol. The van der Waals surface area contributed by atoms with Crippen LogP contribution in [-0.4, -0.2) is 23.6 Å². The van der Waals surface area contributed by atoms with Crippen molar-refractivity contribution in [2.75, 3.05) is 11.9 Å². The summed E-state index contributed by atoms with van der Waals surface area (Å²) in [5, 5.41) is 12.6. The fourth-order valence-corrected chi connectivity index (χ4v) is 3.78. The van der Waals surface area contributed by atoms with Crippen molar-refractivity contribution < 1.29 is 19.4 Å². The van der Waals surface area contributed by atoms with Crippen molar-refractivity contribution in [2.45, 2.75) is 30.6 Å². The highest BCUT2D eigenvalue weighted by atomic mass is 32.2. The first-order valence-electron chi connectivity index (χ1n) is 9.44. The maximum Gasteiger partial charge on any atom is 0.342 e. The van der Waals surface area contributed by atoms with E-state index in [0.29, 0.717) is 11.3 Å². The van der Waals surface area contributed by atoms with Gasteiger partial charge in [0, 0.05) is 15.5 Å². The molecule has 0 bridgehead atoms. The number of carbonyl (C=O) groups excluding carboxylic acids is 2. The van der Waals surface area contributed by atoms with Crippen molar-refractivity contribution in [2.24, 2.45) is 0 Å². The van der Waals surface area contributed by atoms with Crippen LogP contribution in [0.2, 0.25) is 0 Å². The van der Waals surface area contributed by atoms with Gasteiger partial charge < -0.3 is 15.2 Å². The van der Waals surface area contributed by atoms with Crippen molar-refractivity contribution in [1.29, 1.82) is 0 Å². The summed E-state index contributed by atoms with van der Waals surface area (Å²) in [6.07, 6.45) is 0. The van der Waals surface area contributed by atoms with E-state index in [1.54, 1.807) is 43.0 Å². The Kier molecular flexibility index (Phi) is 6.79. The summed E-state index contributed by atoms with van der Waals surface area (Å²) in [4.78, 5) is 26.4. The van der Waals surface area contributed by atoms with E-state index in [9.17, 15) is 14.7 Å². The molecule has 30 heavy (non-hydrogen) atoms. The minimum Gasteiger partial charge on any atom is -0.507 e. The lowest BCUT2D eigenvalue weighted by Gasteiger charge is -2.10. The molecular formula is C24H23NO4S. The summed E-state index contributed by atoms with van der Waals surface area (Å²) in [5.74, 6) is -1.34. The second-order valence-electron chi connectivity index (χ2n) is 6.99. The Morgan fingerprint density at radius 2 is 1.70 bits per heavy atom. The van der Waals surface area contributed by atoms with Gasteiger partial charge in [-0.15, -0.1) is 0 Å².